The maximum atomic E-state index is 12.1. The van der Waals surface area contributed by atoms with Crippen LogP contribution in [0.3, 0.4) is 0 Å². The summed E-state index contributed by atoms with van der Waals surface area (Å²) in [6, 6.07) is 3.43. The minimum atomic E-state index is -0.118. The number of hydrogen-bond acceptors (Lipinski definition) is 2. The predicted molar refractivity (Wildman–Crippen MR) is 68.2 cm³/mol. The lowest BCUT2D eigenvalue weighted by Gasteiger charge is -2.34. The molecule has 1 N–H and O–H groups in total. The Morgan fingerprint density at radius 3 is 2.76 bits per heavy atom. The van der Waals surface area contributed by atoms with Crippen molar-refractivity contribution < 1.29 is 4.79 Å². The fourth-order valence-corrected chi connectivity index (χ4v) is 2.56. The van der Waals surface area contributed by atoms with E-state index in [-0.39, 0.29) is 16.6 Å². The van der Waals surface area contributed by atoms with Crippen LogP contribution in [0.25, 0.3) is 0 Å². The van der Waals surface area contributed by atoms with E-state index in [1.165, 1.54) is 19.3 Å². The van der Waals surface area contributed by atoms with Crippen molar-refractivity contribution in [1.29, 1.82) is 0 Å². The van der Waals surface area contributed by atoms with Gasteiger partial charge in [0, 0.05) is 11.7 Å². The summed E-state index contributed by atoms with van der Waals surface area (Å²) in [7, 11) is 0. The maximum absolute atomic E-state index is 12.1. The van der Waals surface area contributed by atoms with Crippen LogP contribution >= 0.6 is 11.6 Å². The molecule has 0 aromatic carbocycles. The zero-order chi connectivity index (χ0) is 12.3. The predicted octanol–water partition coefficient (Wildman–Crippen LogP) is 3.19. The standard InChI is InChI=1S/C13H17ClN2O/c1-13(7-3-2-4-8-13)16-12(17)10-6-5-9-15-11(10)14/h5-6,9H,2-4,7-8H2,1H3,(H,16,17). The first-order valence-corrected chi connectivity index (χ1v) is 6.42. The second-order valence-electron chi connectivity index (χ2n) is 4.92. The van der Waals surface area contributed by atoms with Gasteiger partial charge in [-0.1, -0.05) is 30.9 Å². The number of rotatable bonds is 2. The zero-order valence-corrected chi connectivity index (χ0v) is 10.8. The lowest BCUT2D eigenvalue weighted by atomic mass is 9.83. The molecule has 92 valence electrons. The summed E-state index contributed by atoms with van der Waals surface area (Å²) in [5.41, 5.74) is 0.370. The van der Waals surface area contributed by atoms with Crippen LogP contribution in [-0.2, 0) is 0 Å². The first kappa shape index (κ1) is 12.4. The van der Waals surface area contributed by atoms with Crippen LogP contribution in [0.1, 0.15) is 49.4 Å². The molecule has 0 saturated heterocycles. The second kappa shape index (κ2) is 5.05. The monoisotopic (exact) mass is 252 g/mol. The van der Waals surface area contributed by atoms with Gasteiger partial charge < -0.3 is 5.32 Å². The maximum Gasteiger partial charge on any atom is 0.254 e. The first-order valence-electron chi connectivity index (χ1n) is 6.04. The highest BCUT2D eigenvalue weighted by Gasteiger charge is 2.29. The van der Waals surface area contributed by atoms with Gasteiger partial charge in [0.15, 0.2) is 0 Å². The molecule has 1 fully saturated rings. The molecule has 4 heteroatoms. The van der Waals surface area contributed by atoms with Gasteiger partial charge in [-0.25, -0.2) is 4.98 Å². The molecule has 1 heterocycles. The van der Waals surface area contributed by atoms with Crippen molar-refractivity contribution in [3.8, 4) is 0 Å². The zero-order valence-electron chi connectivity index (χ0n) is 10.0. The number of halogens is 1. The number of amides is 1. The second-order valence-corrected chi connectivity index (χ2v) is 5.28. The van der Waals surface area contributed by atoms with Crippen LogP contribution < -0.4 is 5.32 Å². The largest absolute Gasteiger partial charge is 0.347 e. The van der Waals surface area contributed by atoms with Crippen LogP contribution in [0.2, 0.25) is 5.15 Å². The molecule has 1 amide bonds. The van der Waals surface area contributed by atoms with Crippen LogP contribution in [0.15, 0.2) is 18.3 Å². The molecular weight excluding hydrogens is 236 g/mol. The van der Waals surface area contributed by atoms with Gasteiger partial charge in [-0.15, -0.1) is 0 Å². The molecule has 2 rings (SSSR count). The smallest absolute Gasteiger partial charge is 0.254 e. The molecule has 1 aromatic heterocycles. The summed E-state index contributed by atoms with van der Waals surface area (Å²) in [6.45, 7) is 2.11. The van der Waals surface area contributed by atoms with Crippen LogP contribution in [0.5, 0.6) is 0 Å². The molecule has 1 aliphatic carbocycles. The SMILES string of the molecule is CC1(NC(=O)c2cccnc2Cl)CCCCC1. The summed E-state index contributed by atoms with van der Waals surface area (Å²) in [4.78, 5) is 16.0. The van der Waals surface area contributed by atoms with Gasteiger partial charge in [-0.05, 0) is 31.9 Å². The molecule has 0 unspecified atom stereocenters. The highest BCUT2D eigenvalue weighted by molar-refractivity contribution is 6.32. The number of carbonyl (C=O) groups excluding carboxylic acids is 1. The molecule has 0 bridgehead atoms. The lowest BCUT2D eigenvalue weighted by molar-refractivity contribution is 0.0882. The van der Waals surface area contributed by atoms with Crippen LogP contribution in [-0.4, -0.2) is 16.4 Å². The molecule has 17 heavy (non-hydrogen) atoms. The van der Waals surface area contributed by atoms with Crippen LogP contribution in [0, 0.1) is 0 Å². The van der Waals surface area contributed by atoms with Gasteiger partial charge in [0.05, 0.1) is 5.56 Å². The van der Waals surface area contributed by atoms with Gasteiger partial charge >= 0.3 is 0 Å². The van der Waals surface area contributed by atoms with E-state index in [1.54, 1.807) is 18.3 Å². The molecule has 0 radical (unpaired) electrons. The number of hydrogen-bond donors (Lipinski definition) is 1. The van der Waals surface area contributed by atoms with E-state index in [2.05, 4.69) is 17.2 Å². The molecule has 1 aromatic rings. The average molecular weight is 253 g/mol. The van der Waals surface area contributed by atoms with E-state index in [0.717, 1.165) is 12.8 Å². The molecular formula is C13H17ClN2O. The van der Waals surface area contributed by atoms with Crippen molar-refractivity contribution in [2.75, 3.05) is 0 Å². The average Bonchev–Trinajstić information content (AvgIpc) is 2.29. The third-order valence-corrected chi connectivity index (χ3v) is 3.68. The minimum absolute atomic E-state index is 0.0888. The molecule has 0 atom stereocenters. The fourth-order valence-electron chi connectivity index (χ4n) is 2.35. The summed E-state index contributed by atoms with van der Waals surface area (Å²) < 4.78 is 0. The normalized spacial score (nSPS) is 18.7. The Labute approximate surface area is 107 Å². The number of carbonyl (C=O) groups is 1. The van der Waals surface area contributed by atoms with E-state index < -0.39 is 0 Å². The summed E-state index contributed by atoms with van der Waals surface area (Å²) in [6.07, 6.45) is 7.28. The Kier molecular flexibility index (Phi) is 3.67. The van der Waals surface area contributed by atoms with Crippen molar-refractivity contribution in [3.63, 3.8) is 0 Å². The summed E-state index contributed by atoms with van der Waals surface area (Å²) in [5.74, 6) is -0.118. The Balaban J connectivity index is 2.09. The van der Waals surface area contributed by atoms with Crippen molar-refractivity contribution in [2.45, 2.75) is 44.6 Å². The molecule has 3 nitrogen and oxygen atoms in total. The Morgan fingerprint density at radius 1 is 1.41 bits per heavy atom. The van der Waals surface area contributed by atoms with Crippen molar-refractivity contribution in [1.82, 2.24) is 10.3 Å². The van der Waals surface area contributed by atoms with Crippen molar-refractivity contribution in [3.05, 3.63) is 29.0 Å². The summed E-state index contributed by atoms with van der Waals surface area (Å²) >= 11 is 5.91. The third-order valence-electron chi connectivity index (χ3n) is 3.38. The Hall–Kier alpha value is -1.09. The summed E-state index contributed by atoms with van der Waals surface area (Å²) in [5, 5.41) is 3.36. The Morgan fingerprint density at radius 2 is 2.12 bits per heavy atom. The lowest BCUT2D eigenvalue weighted by Crippen LogP contribution is -2.47. The number of nitrogens with one attached hydrogen (secondary N) is 1. The van der Waals surface area contributed by atoms with E-state index >= 15 is 0 Å². The fraction of sp³-hybridized carbons (Fsp3) is 0.538. The van der Waals surface area contributed by atoms with Gasteiger partial charge in [-0.2, -0.15) is 0 Å². The molecule has 0 spiro atoms. The first-order chi connectivity index (χ1) is 8.11. The van der Waals surface area contributed by atoms with E-state index in [4.69, 9.17) is 11.6 Å². The molecule has 1 saturated carbocycles. The van der Waals surface area contributed by atoms with Gasteiger partial charge in [0.1, 0.15) is 5.15 Å². The van der Waals surface area contributed by atoms with Crippen molar-refractivity contribution in [2.24, 2.45) is 0 Å². The highest BCUT2D eigenvalue weighted by atomic mass is 35.5. The molecule has 0 aliphatic heterocycles. The van der Waals surface area contributed by atoms with Gasteiger partial charge in [0.2, 0.25) is 0 Å². The number of pyridine rings is 1. The van der Waals surface area contributed by atoms with E-state index in [1.807, 2.05) is 0 Å². The minimum Gasteiger partial charge on any atom is -0.347 e. The van der Waals surface area contributed by atoms with E-state index in [9.17, 15) is 4.79 Å². The topological polar surface area (TPSA) is 42.0 Å². The highest BCUT2D eigenvalue weighted by Crippen LogP contribution is 2.28. The van der Waals surface area contributed by atoms with Gasteiger partial charge in [-0.3, -0.25) is 4.79 Å². The van der Waals surface area contributed by atoms with Crippen LogP contribution in [0.4, 0.5) is 0 Å². The van der Waals surface area contributed by atoms with E-state index in [0.29, 0.717) is 5.56 Å². The van der Waals surface area contributed by atoms with Gasteiger partial charge in [0.25, 0.3) is 5.91 Å². The molecule has 1 aliphatic rings. The number of nitrogens with zero attached hydrogens (tertiary/aromatic N) is 1. The quantitative estimate of drug-likeness (QED) is 0.822. The number of aromatic nitrogens is 1. The van der Waals surface area contributed by atoms with Crippen molar-refractivity contribution >= 4 is 17.5 Å². The Bertz CT molecular complexity index is 414. The third kappa shape index (κ3) is 2.97.